The molecule has 1 aromatic heterocycles. The van der Waals surface area contributed by atoms with Crippen molar-refractivity contribution < 1.29 is 101 Å². The smallest absolute Gasteiger partial charge is 0.311 e. The van der Waals surface area contributed by atoms with E-state index in [1.165, 1.54) is 35.4 Å². The second kappa shape index (κ2) is 39.7. The van der Waals surface area contributed by atoms with Crippen molar-refractivity contribution in [2.45, 2.75) is 220 Å². The molecule has 2 heterocycles. The maximum Gasteiger partial charge on any atom is 0.311 e. The van der Waals surface area contributed by atoms with E-state index >= 15 is 4.79 Å². The molecule has 12 atom stereocenters. The molecule has 3 N–H and O–H groups in total. The normalized spacial score (nSPS) is 20.8. The van der Waals surface area contributed by atoms with E-state index in [4.69, 9.17) is 47.4 Å². The van der Waals surface area contributed by atoms with Gasteiger partial charge in [0.25, 0.3) is 0 Å². The van der Waals surface area contributed by atoms with Crippen molar-refractivity contribution in [3.05, 3.63) is 24.4 Å². The van der Waals surface area contributed by atoms with Gasteiger partial charge in [0.15, 0.2) is 24.6 Å². The summed E-state index contributed by atoms with van der Waals surface area (Å²) in [6.07, 6.45) is -3.65. The van der Waals surface area contributed by atoms with Crippen LogP contribution in [-0.2, 0) is 90.5 Å². The van der Waals surface area contributed by atoms with Gasteiger partial charge in [-0.15, -0.1) is 0 Å². The van der Waals surface area contributed by atoms with E-state index in [1.807, 2.05) is 45.0 Å². The van der Waals surface area contributed by atoms with Crippen molar-refractivity contribution >= 4 is 89.8 Å². The Morgan fingerprint density at radius 1 is 0.670 bits per heavy atom. The highest BCUT2D eigenvalue weighted by Gasteiger charge is 2.55. The lowest BCUT2D eigenvalue weighted by molar-refractivity contribution is -0.305. The Labute approximate surface area is 548 Å². The molecule has 1 fully saturated rings. The Kier molecular flexibility index (Phi) is 35.8. The van der Waals surface area contributed by atoms with Crippen LogP contribution in [0.15, 0.2) is 29.4 Å². The van der Waals surface area contributed by atoms with Crippen LogP contribution in [-0.4, -0.2) is 204 Å². The van der Waals surface area contributed by atoms with Crippen LogP contribution in [0.3, 0.4) is 0 Å². The molecule has 0 saturated carbocycles. The summed E-state index contributed by atoms with van der Waals surface area (Å²) in [6.45, 7) is 21.6. The second-order valence-electron chi connectivity index (χ2n) is 25.3. The number of unbranched alkanes of at least 4 members (excludes halogenated alkanes) is 1. The van der Waals surface area contributed by atoms with Crippen molar-refractivity contribution in [1.29, 1.82) is 0 Å². The van der Waals surface area contributed by atoms with Gasteiger partial charge >= 0.3 is 47.8 Å². The summed E-state index contributed by atoms with van der Waals surface area (Å²) in [6, 6.07) is 5.49. The maximum absolute atomic E-state index is 15.0. The van der Waals surface area contributed by atoms with E-state index in [-0.39, 0.29) is 97.5 Å². The van der Waals surface area contributed by atoms with Crippen LogP contribution in [0, 0.1) is 21.7 Å². The Bertz CT molecular complexity index is 2490. The number of carbonyl (C=O) groups excluding carboxylic acids is 8. The third kappa shape index (κ3) is 27.5. The molecule has 91 heavy (non-hydrogen) atoms. The monoisotopic (exact) mass is 1320 g/mol. The number of rotatable bonds is 45. The van der Waals surface area contributed by atoms with Gasteiger partial charge < -0.3 is 67.8 Å². The molecule has 1 aliphatic heterocycles. The number of aliphatic carboxylic acids is 1. The first kappa shape index (κ1) is 82.1. The molecule has 24 nitrogen and oxygen atoms in total. The fourth-order valence-corrected chi connectivity index (χ4v) is 12.5. The Hall–Kier alpha value is -4.99. The molecule has 0 bridgehead atoms. The first-order chi connectivity index (χ1) is 42.6. The third-order valence-electron chi connectivity index (χ3n) is 16.0. The lowest BCUT2D eigenvalue weighted by Crippen LogP contribution is -2.61. The third-order valence-corrected chi connectivity index (χ3v) is 18.2. The van der Waals surface area contributed by atoms with E-state index in [1.54, 1.807) is 82.2 Å². The number of carboxylic acids is 1. The number of aliphatic hydroxyl groups excluding tert-OH is 1. The zero-order valence-electron chi connectivity index (χ0n) is 56.6. The second-order valence-corrected chi connectivity index (χ2v) is 27.8. The van der Waals surface area contributed by atoms with Gasteiger partial charge in [0.1, 0.15) is 45.5 Å². The Morgan fingerprint density at radius 2 is 1.23 bits per heavy atom. The van der Waals surface area contributed by atoms with Crippen LogP contribution >= 0.6 is 21.6 Å². The number of amides is 1. The molecule has 7 unspecified atom stereocenters. The number of carbonyl (C=O) groups is 9. The van der Waals surface area contributed by atoms with Gasteiger partial charge in [-0.05, 0) is 110 Å². The van der Waals surface area contributed by atoms with E-state index in [0.29, 0.717) is 38.0 Å². The van der Waals surface area contributed by atoms with Crippen molar-refractivity contribution in [3.8, 4) is 0 Å². The highest BCUT2D eigenvalue weighted by atomic mass is 33.1. The van der Waals surface area contributed by atoms with E-state index < -0.39 is 123 Å². The molecule has 2 radical (unpaired) electrons. The number of nitrogens with one attached hydrogen (secondary N) is 1. The molecular weight excluding hydrogens is 1220 g/mol. The SMILES string of the molecule is CCCCOC(=O)C(C)(CC(C)(CCC)C(=O)O)CC(C)(C[B]C(C)(CC(C)(C[B]C(C)(CC)C(=O)OCCOCCO[C@@H]1O[C@H](CC)[C@H](OC(C)=O)[C@H](OC(C)=O)[C@H]1OC(C)=O)C(=O)NCC(C)O)C(=O)OCCSSc1ccccn1)C(=O)OCCN(C)C. The molecule has 0 aliphatic carbocycles. The first-order valence-corrected chi connectivity index (χ1v) is 33.7. The zero-order valence-corrected chi connectivity index (χ0v) is 58.3. The minimum absolute atomic E-state index is 0.0341. The van der Waals surface area contributed by atoms with Gasteiger partial charge in [0, 0.05) is 61.9 Å². The van der Waals surface area contributed by atoms with Crippen LogP contribution < -0.4 is 5.32 Å². The summed E-state index contributed by atoms with van der Waals surface area (Å²) in [5.74, 6) is -6.29. The first-order valence-electron chi connectivity index (χ1n) is 31.4. The number of aromatic nitrogens is 1. The Balaban J connectivity index is 2.57. The number of aliphatic hydroxyl groups is 1. The van der Waals surface area contributed by atoms with Gasteiger partial charge in [-0.3, -0.25) is 43.2 Å². The molecule has 2 rings (SSSR count). The van der Waals surface area contributed by atoms with Crippen molar-refractivity contribution in [3.63, 3.8) is 0 Å². The number of carboxylic acid groups (broad SMARTS) is 1. The molecule has 1 amide bonds. The predicted octanol–water partition coefficient (Wildman–Crippen LogP) is 7.91. The number of esters is 7. The van der Waals surface area contributed by atoms with Crippen LogP contribution in [0.1, 0.15) is 155 Å². The lowest BCUT2D eigenvalue weighted by Gasteiger charge is -2.44. The summed E-state index contributed by atoms with van der Waals surface area (Å²) in [5.41, 5.74) is -6.18. The van der Waals surface area contributed by atoms with Gasteiger partial charge in [0.05, 0.1) is 48.8 Å². The van der Waals surface area contributed by atoms with Gasteiger partial charge in [0.2, 0.25) is 5.91 Å². The fraction of sp³-hybridized carbons (Fsp3) is 0.778. The fourth-order valence-electron chi connectivity index (χ4n) is 10.8. The van der Waals surface area contributed by atoms with Crippen LogP contribution in [0.2, 0.25) is 23.3 Å². The highest BCUT2D eigenvalue weighted by Crippen LogP contribution is 2.51. The minimum atomic E-state index is -1.71. The average Bonchev–Trinajstić information content (AvgIpc) is 0.818. The van der Waals surface area contributed by atoms with E-state index in [2.05, 4.69) is 10.3 Å². The zero-order chi connectivity index (χ0) is 68.8. The Morgan fingerprint density at radius 3 is 1.80 bits per heavy atom. The number of hydrogen-bond donors (Lipinski definition) is 3. The molecule has 0 aromatic carbocycles. The van der Waals surface area contributed by atoms with Gasteiger partial charge in [-0.25, -0.2) is 4.98 Å². The van der Waals surface area contributed by atoms with E-state index in [9.17, 15) is 48.6 Å². The minimum Gasteiger partial charge on any atom is -0.481 e. The molecule has 28 heteroatoms. The molecular formula is C63H103B2N3O21S2. The van der Waals surface area contributed by atoms with E-state index in [0.717, 1.165) is 18.9 Å². The lowest BCUT2D eigenvalue weighted by atomic mass is 9.40. The van der Waals surface area contributed by atoms with Crippen LogP contribution in [0.4, 0.5) is 0 Å². The van der Waals surface area contributed by atoms with Crippen LogP contribution in [0.25, 0.3) is 0 Å². The largest absolute Gasteiger partial charge is 0.481 e. The van der Waals surface area contributed by atoms with Crippen molar-refractivity contribution in [2.75, 3.05) is 79.2 Å². The number of likely N-dealkylation sites (N-methyl/N-ethyl adjacent to an activating group) is 1. The summed E-state index contributed by atoms with van der Waals surface area (Å²) < 4.78 is 57.8. The van der Waals surface area contributed by atoms with Gasteiger partial charge in [-0.1, -0.05) is 90.8 Å². The quantitative estimate of drug-likeness (QED) is 0.0184. The summed E-state index contributed by atoms with van der Waals surface area (Å²) in [7, 11) is 9.67. The number of nitrogens with zero attached hydrogens (tertiary/aromatic N) is 2. The van der Waals surface area contributed by atoms with Gasteiger partial charge in [-0.2, -0.15) is 0 Å². The van der Waals surface area contributed by atoms with Crippen molar-refractivity contribution in [2.24, 2.45) is 21.7 Å². The maximum atomic E-state index is 15.0. The molecule has 514 valence electrons. The number of hydrogen-bond acceptors (Lipinski definition) is 24. The number of ether oxygens (including phenoxy) is 10. The molecule has 1 saturated heterocycles. The number of pyridine rings is 1. The topological polar surface area (TPSA) is 315 Å². The standard InChI is InChI=1S/C63H103B2N3O21S2/c1-17-21-28-82-54(76)59(10,37-58(9,25-18-2)53(74)75)38-61(12,55(77)83-29-27-68(15)16)41-65-63(14,57(79)85-34-35-90-91-47-24-22-23-26-66-47)39-60(11,52(73)67-36-42(5)69)40-64-62(13,20-4)56(78)84-33-31-80-30-32-81-51-50(88-45(8)72)49(87-44(7)71)48(86-43(6)70)46(19-3)89-51/h22-24,26,42,46,48-51,69H,17-21,25,27-41H2,1-16H3,(H,67,73)(H,74,75)/t42?,46-,48+,49+,50-,51-,58?,59?,60?,61?,62?,63?/m1/s1. The summed E-state index contributed by atoms with van der Waals surface area (Å²) in [4.78, 5) is 129. The molecule has 1 aliphatic rings. The average molecular weight is 1320 g/mol. The molecule has 0 spiro atoms. The summed E-state index contributed by atoms with van der Waals surface area (Å²) in [5, 5.41) is 21.6. The highest BCUT2D eigenvalue weighted by molar-refractivity contribution is 8.76. The summed E-state index contributed by atoms with van der Waals surface area (Å²) >= 11 is 0. The van der Waals surface area contributed by atoms with Crippen LogP contribution in [0.5, 0.6) is 0 Å². The predicted molar refractivity (Wildman–Crippen MR) is 344 cm³/mol. The van der Waals surface area contributed by atoms with Crippen molar-refractivity contribution in [1.82, 2.24) is 15.2 Å². The molecule has 1 aromatic rings.